The molecule has 2 N–H and O–H groups in total. The third-order valence-electron chi connectivity index (χ3n) is 2.18. The highest BCUT2D eigenvalue weighted by molar-refractivity contribution is 9.10. The smallest absolute Gasteiger partial charge is 0.256 e. The fourth-order valence-corrected chi connectivity index (χ4v) is 1.54. The predicted molar refractivity (Wildman–Crippen MR) is 68.0 cm³/mol. The molecule has 18 heavy (non-hydrogen) atoms. The zero-order valence-corrected chi connectivity index (χ0v) is 10.6. The maximum atomic E-state index is 12.6. The Hall–Kier alpha value is -1.95. The van der Waals surface area contributed by atoms with Crippen molar-refractivity contribution < 1.29 is 14.3 Å². The Morgan fingerprint density at radius 3 is 2.72 bits per heavy atom. The summed E-state index contributed by atoms with van der Waals surface area (Å²) in [6, 6.07) is 6.97. The van der Waals surface area contributed by atoms with Gasteiger partial charge in [-0.1, -0.05) is 0 Å². The Kier molecular flexibility index (Phi) is 3.57. The van der Waals surface area contributed by atoms with Crippen molar-refractivity contribution in [2.24, 2.45) is 0 Å². The number of anilines is 1. The number of nitrogens with one attached hydrogen (secondary N) is 1. The molecule has 0 unspecified atom stereocenters. The standard InChI is InChI=1S/C12H8BrFN2O2/c13-9-3-1-7(5-10(9)17)12(18)16-11-4-2-8(14)6-15-11/h1-6,17H,(H,15,16,18). The highest BCUT2D eigenvalue weighted by Crippen LogP contribution is 2.24. The number of phenols is 1. The number of carbonyl (C=O) groups is 1. The van der Waals surface area contributed by atoms with Gasteiger partial charge in [0.1, 0.15) is 17.4 Å². The van der Waals surface area contributed by atoms with Crippen LogP contribution in [0.2, 0.25) is 0 Å². The van der Waals surface area contributed by atoms with E-state index < -0.39 is 11.7 Å². The molecule has 92 valence electrons. The average molecular weight is 311 g/mol. The van der Waals surface area contributed by atoms with E-state index in [1.807, 2.05) is 0 Å². The molecular weight excluding hydrogens is 303 g/mol. The van der Waals surface area contributed by atoms with Crippen LogP contribution in [-0.2, 0) is 0 Å². The van der Waals surface area contributed by atoms with Crippen LogP contribution in [0, 0.1) is 5.82 Å². The molecule has 0 aliphatic rings. The van der Waals surface area contributed by atoms with Gasteiger partial charge in [-0.2, -0.15) is 0 Å². The fraction of sp³-hybridized carbons (Fsp3) is 0. The number of aromatic nitrogens is 1. The lowest BCUT2D eigenvalue weighted by atomic mass is 10.2. The Morgan fingerprint density at radius 1 is 1.33 bits per heavy atom. The van der Waals surface area contributed by atoms with E-state index in [1.54, 1.807) is 12.1 Å². The molecule has 0 saturated carbocycles. The number of carbonyl (C=O) groups excluding carboxylic acids is 1. The molecule has 0 radical (unpaired) electrons. The van der Waals surface area contributed by atoms with Crippen LogP contribution in [0.1, 0.15) is 10.4 Å². The average Bonchev–Trinajstić information content (AvgIpc) is 2.35. The Labute approximate surface area is 111 Å². The van der Waals surface area contributed by atoms with Crippen LogP contribution in [0.3, 0.4) is 0 Å². The molecule has 0 atom stereocenters. The SMILES string of the molecule is O=C(Nc1ccc(F)cn1)c1ccc(Br)c(O)c1. The van der Waals surface area contributed by atoms with Gasteiger partial charge in [0, 0.05) is 5.56 Å². The molecule has 6 heteroatoms. The molecule has 0 fully saturated rings. The van der Waals surface area contributed by atoms with Gasteiger partial charge in [-0.05, 0) is 46.3 Å². The van der Waals surface area contributed by atoms with E-state index in [-0.39, 0.29) is 17.1 Å². The monoisotopic (exact) mass is 310 g/mol. The van der Waals surface area contributed by atoms with Crippen LogP contribution in [0.25, 0.3) is 0 Å². The minimum atomic E-state index is -0.478. The Balaban J connectivity index is 2.16. The number of rotatable bonds is 2. The fourth-order valence-electron chi connectivity index (χ4n) is 1.29. The maximum Gasteiger partial charge on any atom is 0.256 e. The van der Waals surface area contributed by atoms with Gasteiger partial charge in [-0.3, -0.25) is 4.79 Å². The number of pyridine rings is 1. The number of phenolic OH excluding ortho intramolecular Hbond substituents is 1. The van der Waals surface area contributed by atoms with Crippen molar-refractivity contribution in [2.75, 3.05) is 5.32 Å². The maximum absolute atomic E-state index is 12.6. The highest BCUT2D eigenvalue weighted by Gasteiger charge is 2.09. The molecule has 1 heterocycles. The first-order valence-electron chi connectivity index (χ1n) is 4.97. The van der Waals surface area contributed by atoms with Crippen molar-refractivity contribution in [1.82, 2.24) is 4.98 Å². The first-order chi connectivity index (χ1) is 8.56. The molecule has 1 aromatic heterocycles. The zero-order valence-electron chi connectivity index (χ0n) is 9.02. The van der Waals surface area contributed by atoms with Crippen molar-refractivity contribution >= 4 is 27.7 Å². The van der Waals surface area contributed by atoms with E-state index in [2.05, 4.69) is 26.2 Å². The molecule has 0 saturated heterocycles. The van der Waals surface area contributed by atoms with Crippen LogP contribution < -0.4 is 5.32 Å². The third kappa shape index (κ3) is 2.84. The summed E-state index contributed by atoms with van der Waals surface area (Å²) in [6.07, 6.45) is 1.01. The number of benzene rings is 1. The van der Waals surface area contributed by atoms with Gasteiger partial charge >= 0.3 is 0 Å². The number of nitrogens with zero attached hydrogens (tertiary/aromatic N) is 1. The summed E-state index contributed by atoms with van der Waals surface area (Å²) in [7, 11) is 0. The molecule has 1 amide bonds. The molecule has 0 spiro atoms. The van der Waals surface area contributed by atoms with Crippen molar-refractivity contribution in [1.29, 1.82) is 0 Å². The second-order valence-corrected chi connectivity index (χ2v) is 4.34. The molecule has 1 aromatic carbocycles. The molecule has 0 aliphatic heterocycles. The van der Waals surface area contributed by atoms with Crippen molar-refractivity contribution in [3.05, 3.63) is 52.4 Å². The predicted octanol–water partition coefficient (Wildman–Crippen LogP) is 2.94. The summed E-state index contributed by atoms with van der Waals surface area (Å²) in [5.74, 6) is -0.704. The lowest BCUT2D eigenvalue weighted by molar-refractivity contribution is 0.102. The molecule has 0 aliphatic carbocycles. The van der Waals surface area contributed by atoms with E-state index in [9.17, 15) is 14.3 Å². The van der Waals surface area contributed by atoms with Gasteiger partial charge in [-0.25, -0.2) is 9.37 Å². The summed E-state index contributed by atoms with van der Waals surface area (Å²) in [5.41, 5.74) is 0.279. The van der Waals surface area contributed by atoms with Crippen LogP contribution in [0.4, 0.5) is 10.2 Å². The number of aromatic hydroxyl groups is 1. The van der Waals surface area contributed by atoms with E-state index in [0.717, 1.165) is 6.20 Å². The summed E-state index contributed by atoms with van der Waals surface area (Å²) in [6.45, 7) is 0. The van der Waals surface area contributed by atoms with E-state index in [0.29, 0.717) is 4.47 Å². The summed E-state index contributed by atoms with van der Waals surface area (Å²) in [4.78, 5) is 15.5. The number of hydrogen-bond acceptors (Lipinski definition) is 3. The van der Waals surface area contributed by atoms with Gasteiger partial charge in [-0.15, -0.1) is 0 Å². The van der Waals surface area contributed by atoms with E-state index in [1.165, 1.54) is 18.2 Å². The number of amides is 1. The normalized spacial score (nSPS) is 10.1. The topological polar surface area (TPSA) is 62.2 Å². The molecule has 4 nitrogen and oxygen atoms in total. The lowest BCUT2D eigenvalue weighted by Crippen LogP contribution is -2.12. The molecule has 0 bridgehead atoms. The minimum absolute atomic E-state index is 0.0327. The van der Waals surface area contributed by atoms with Gasteiger partial charge in [0.15, 0.2) is 0 Å². The quantitative estimate of drug-likeness (QED) is 0.896. The first kappa shape index (κ1) is 12.5. The van der Waals surface area contributed by atoms with Crippen LogP contribution >= 0.6 is 15.9 Å². The lowest BCUT2D eigenvalue weighted by Gasteiger charge is -2.05. The van der Waals surface area contributed by atoms with Gasteiger partial charge < -0.3 is 10.4 Å². The van der Waals surface area contributed by atoms with Crippen LogP contribution in [-0.4, -0.2) is 16.0 Å². The number of hydrogen-bond donors (Lipinski definition) is 2. The highest BCUT2D eigenvalue weighted by atomic mass is 79.9. The largest absolute Gasteiger partial charge is 0.507 e. The second-order valence-electron chi connectivity index (χ2n) is 3.48. The molecular formula is C12H8BrFN2O2. The minimum Gasteiger partial charge on any atom is -0.507 e. The Morgan fingerprint density at radius 2 is 2.11 bits per heavy atom. The van der Waals surface area contributed by atoms with E-state index in [4.69, 9.17) is 0 Å². The van der Waals surface area contributed by atoms with Crippen LogP contribution in [0.15, 0.2) is 41.0 Å². The van der Waals surface area contributed by atoms with Crippen LogP contribution in [0.5, 0.6) is 5.75 Å². The van der Waals surface area contributed by atoms with Crippen molar-refractivity contribution in [2.45, 2.75) is 0 Å². The third-order valence-corrected chi connectivity index (χ3v) is 2.85. The number of halogens is 2. The van der Waals surface area contributed by atoms with E-state index >= 15 is 0 Å². The van der Waals surface area contributed by atoms with Crippen molar-refractivity contribution in [3.63, 3.8) is 0 Å². The van der Waals surface area contributed by atoms with Gasteiger partial charge in [0.25, 0.3) is 5.91 Å². The zero-order chi connectivity index (χ0) is 13.1. The second kappa shape index (κ2) is 5.14. The van der Waals surface area contributed by atoms with Gasteiger partial charge in [0.2, 0.25) is 0 Å². The summed E-state index contributed by atoms with van der Waals surface area (Å²) < 4.78 is 13.1. The molecule has 2 rings (SSSR count). The summed E-state index contributed by atoms with van der Waals surface area (Å²) >= 11 is 3.12. The molecule has 2 aromatic rings. The van der Waals surface area contributed by atoms with Gasteiger partial charge in [0.05, 0.1) is 10.7 Å². The van der Waals surface area contributed by atoms with Crippen molar-refractivity contribution in [3.8, 4) is 5.75 Å². The summed E-state index contributed by atoms with van der Waals surface area (Å²) in [5, 5.41) is 11.9. The first-order valence-corrected chi connectivity index (χ1v) is 5.77. The Bertz CT molecular complexity index is 587.